The predicted molar refractivity (Wildman–Crippen MR) is 201 cm³/mol. The monoisotopic (exact) mass is 848 g/mol. The van der Waals surface area contributed by atoms with E-state index in [9.17, 15) is 0 Å². The van der Waals surface area contributed by atoms with E-state index in [1.54, 1.807) is 0 Å². The zero-order valence-corrected chi connectivity index (χ0v) is 31.9. The van der Waals surface area contributed by atoms with Gasteiger partial charge >= 0.3 is 28.0 Å². The van der Waals surface area contributed by atoms with E-state index >= 15 is 0 Å². The first-order valence-corrected chi connectivity index (χ1v) is 17.0. The fourth-order valence-corrected chi connectivity index (χ4v) is 7.50. The van der Waals surface area contributed by atoms with E-state index in [0.717, 1.165) is 56.3 Å². The molecule has 1 aliphatic rings. The Labute approximate surface area is 312 Å². The molecule has 0 unspecified atom stereocenters. The number of aryl methyl sites for hydroxylation is 3. The fraction of sp³-hybridized carbons (Fsp3) is 0.195. The summed E-state index contributed by atoms with van der Waals surface area (Å²) in [7, 11) is 2.13. The smallest absolute Gasteiger partial charge is 0.503 e. The minimum atomic E-state index is -0.0462. The number of imidazole rings is 3. The molecule has 0 bridgehead atoms. The van der Waals surface area contributed by atoms with Crippen LogP contribution in [0.15, 0.2) is 91.4 Å². The van der Waals surface area contributed by atoms with Crippen molar-refractivity contribution in [3.63, 3.8) is 0 Å². The van der Waals surface area contributed by atoms with Crippen molar-refractivity contribution in [1.29, 1.82) is 0 Å². The zero-order chi connectivity index (χ0) is 34.5. The molecule has 8 nitrogen and oxygen atoms in total. The third kappa shape index (κ3) is 5.12. The van der Waals surface area contributed by atoms with Crippen molar-refractivity contribution in [2.75, 3.05) is 11.9 Å². The Hall–Kier alpha value is -5.14. The third-order valence-electron chi connectivity index (χ3n) is 10.1. The Morgan fingerprint density at radius 2 is 1.51 bits per heavy atom. The molecule has 0 N–H and O–H groups in total. The summed E-state index contributed by atoms with van der Waals surface area (Å²) >= 11 is 0. The second kappa shape index (κ2) is 12.0. The number of hydrogen-bond donors (Lipinski definition) is 0. The van der Waals surface area contributed by atoms with Crippen molar-refractivity contribution in [1.82, 2.24) is 28.4 Å². The topological polar surface area (TPSA) is 65.4 Å². The summed E-state index contributed by atoms with van der Waals surface area (Å²) in [5.41, 5.74) is 11.8. The van der Waals surface area contributed by atoms with Gasteiger partial charge in [-0.15, -0.1) is 24.3 Å². The first-order valence-electron chi connectivity index (χ1n) is 17.0. The second-order valence-corrected chi connectivity index (χ2v) is 14.4. The van der Waals surface area contributed by atoms with Crippen LogP contribution in [-0.2, 0) is 26.5 Å². The predicted octanol–water partition coefficient (Wildman–Crippen LogP) is 8.00. The zero-order valence-electron chi connectivity index (χ0n) is 29.6. The van der Waals surface area contributed by atoms with E-state index in [2.05, 4.69) is 140 Å². The van der Waals surface area contributed by atoms with Crippen LogP contribution in [-0.4, -0.2) is 42.4 Å². The van der Waals surface area contributed by atoms with Gasteiger partial charge in [0, 0.05) is 35.9 Å². The van der Waals surface area contributed by atoms with E-state index in [1.807, 2.05) is 30.7 Å². The Morgan fingerprint density at radius 3 is 2.29 bits per heavy atom. The number of rotatable bonds is 4. The van der Waals surface area contributed by atoms with E-state index < -0.39 is 0 Å². The molecule has 1 aliphatic heterocycles. The summed E-state index contributed by atoms with van der Waals surface area (Å²) in [5.74, 6) is 3.59. The van der Waals surface area contributed by atoms with Crippen LogP contribution in [0.4, 0.5) is 5.69 Å². The van der Waals surface area contributed by atoms with Crippen LogP contribution in [0.5, 0.6) is 11.5 Å². The Bertz CT molecular complexity index is 2630. The Kier molecular flexibility index (Phi) is 7.76. The van der Waals surface area contributed by atoms with Gasteiger partial charge in [0.05, 0.1) is 11.0 Å². The summed E-state index contributed by atoms with van der Waals surface area (Å²) < 4.78 is 13.1. The molecule has 0 atom stereocenters. The first kappa shape index (κ1) is 33.0. The third-order valence-corrected chi connectivity index (χ3v) is 10.1. The maximum Gasteiger partial charge on any atom is 2.00 e. The molecule has 0 spiro atoms. The van der Waals surface area contributed by atoms with Crippen LogP contribution in [0.3, 0.4) is 0 Å². The average Bonchev–Trinajstić information content (AvgIpc) is 3.80. The van der Waals surface area contributed by atoms with Gasteiger partial charge in [-0.05, 0) is 79.1 Å². The van der Waals surface area contributed by atoms with E-state index in [4.69, 9.17) is 19.7 Å². The number of anilines is 1. The van der Waals surface area contributed by atoms with Crippen LogP contribution in [0, 0.1) is 32.9 Å². The number of para-hydroxylation sites is 1. The Balaban J connectivity index is 0.00000374. The summed E-state index contributed by atoms with van der Waals surface area (Å²) in [6.07, 6.45) is 5.79. The summed E-state index contributed by atoms with van der Waals surface area (Å²) in [4.78, 5) is 17.1. The molecule has 254 valence electrons. The van der Waals surface area contributed by atoms with Crippen molar-refractivity contribution in [3.05, 3.63) is 126 Å². The molecule has 9 rings (SSSR count). The molecule has 51 heavy (non-hydrogen) atoms. The number of nitrogens with zero attached hydrogens (tertiary/aromatic N) is 7. The minimum absolute atomic E-state index is 0. The van der Waals surface area contributed by atoms with E-state index in [-0.39, 0.29) is 33.5 Å². The minimum Gasteiger partial charge on any atom is -0.503 e. The molecular formula is C41H36BN7OPt. The van der Waals surface area contributed by atoms with Gasteiger partial charge < -0.3 is 18.4 Å². The number of aromatic nitrogens is 6. The number of hydrogen-bond acceptors (Lipinski definition) is 5. The van der Waals surface area contributed by atoms with Gasteiger partial charge in [0.25, 0.3) is 0 Å². The number of fused-ring (bicyclic) bond motifs is 8. The standard InChI is InChI=1S/C41H36BN7O.Pt/c1-25-10-8-11-26(2)37(25)42-46(7)32-16-14-29(23-31(32)39-44-20-21-47(39)42)50-30-15-17-33-35(24-30)49(36-22-28(18-19-43-36)41(4,5)6)40-45-38-27(3)12-9-13-34(38)48(33)40;/h8-22H,1-7H3;/q-2;+2. The first-order chi connectivity index (χ1) is 24.1. The molecule has 5 heterocycles. The molecule has 0 radical (unpaired) electrons. The largest absolute Gasteiger partial charge is 2.00 e. The van der Waals surface area contributed by atoms with Gasteiger partial charge in [-0.2, -0.15) is 0 Å². The van der Waals surface area contributed by atoms with Gasteiger partial charge in [0.2, 0.25) is 5.78 Å². The maximum atomic E-state index is 6.55. The molecule has 8 aromatic rings. The SMILES string of the molecule is Cc1cccc(C)c1B1N(C)c2ccc(Oc3[c-]c4c(cc3)n3c5cccc(C)c5nc3n4-c3cc(C(C)(C)C)ccn3)[c-]c2-c2nccn21.[Pt+2]. The molecule has 0 amide bonds. The van der Waals surface area contributed by atoms with Crippen LogP contribution in [0.2, 0.25) is 0 Å². The quantitative estimate of drug-likeness (QED) is 0.133. The van der Waals surface area contributed by atoms with Crippen LogP contribution in [0.25, 0.3) is 45.1 Å². The van der Waals surface area contributed by atoms with Gasteiger partial charge in [0.15, 0.2) is 0 Å². The maximum absolute atomic E-state index is 6.55. The van der Waals surface area contributed by atoms with Crippen molar-refractivity contribution < 1.29 is 25.8 Å². The molecule has 10 heteroatoms. The van der Waals surface area contributed by atoms with E-state index in [1.165, 1.54) is 22.2 Å². The second-order valence-electron chi connectivity index (χ2n) is 14.4. The molecule has 0 saturated carbocycles. The van der Waals surface area contributed by atoms with Gasteiger partial charge in [-0.25, -0.2) is 9.97 Å². The van der Waals surface area contributed by atoms with Crippen molar-refractivity contribution in [2.45, 2.75) is 47.0 Å². The molecule has 4 aromatic carbocycles. The number of benzene rings is 4. The molecule has 0 fully saturated rings. The fourth-order valence-electron chi connectivity index (χ4n) is 7.50. The van der Waals surface area contributed by atoms with Gasteiger partial charge in [-0.1, -0.05) is 85.6 Å². The number of pyridine rings is 1. The van der Waals surface area contributed by atoms with Crippen molar-refractivity contribution in [3.8, 4) is 28.7 Å². The molecule has 0 aliphatic carbocycles. The van der Waals surface area contributed by atoms with E-state index in [0.29, 0.717) is 11.5 Å². The number of ether oxygens (including phenoxy) is 1. The van der Waals surface area contributed by atoms with Crippen LogP contribution in [0.1, 0.15) is 43.0 Å². The summed E-state index contributed by atoms with van der Waals surface area (Å²) in [6, 6.07) is 32.2. The van der Waals surface area contributed by atoms with Crippen molar-refractivity contribution in [2.24, 2.45) is 0 Å². The summed E-state index contributed by atoms with van der Waals surface area (Å²) in [6.45, 7) is 13.1. The van der Waals surface area contributed by atoms with Crippen LogP contribution < -0.4 is 15.0 Å². The van der Waals surface area contributed by atoms with Crippen molar-refractivity contribution >= 4 is 46.0 Å². The molecule has 0 saturated heterocycles. The van der Waals surface area contributed by atoms with Gasteiger partial charge in [-0.3, -0.25) is 9.55 Å². The normalized spacial score (nSPS) is 12.8. The average molecular weight is 849 g/mol. The Morgan fingerprint density at radius 1 is 0.784 bits per heavy atom. The summed E-state index contributed by atoms with van der Waals surface area (Å²) in [5, 5.41) is 0. The molecular weight excluding hydrogens is 812 g/mol. The molecule has 4 aromatic heterocycles. The van der Waals surface area contributed by atoms with Gasteiger partial charge in [0.1, 0.15) is 5.82 Å². The van der Waals surface area contributed by atoms with Crippen LogP contribution >= 0.6 is 0 Å².